The Bertz CT molecular complexity index is 473. The van der Waals surface area contributed by atoms with Gasteiger partial charge in [0.1, 0.15) is 0 Å². The van der Waals surface area contributed by atoms with Gasteiger partial charge in [0.15, 0.2) is 0 Å². The number of nitrogens with zero attached hydrogens (tertiary/aromatic N) is 1. The Kier molecular flexibility index (Phi) is 5.73. The van der Waals surface area contributed by atoms with E-state index in [4.69, 9.17) is 5.11 Å². The third kappa shape index (κ3) is 6.31. The molecule has 0 spiro atoms. The third-order valence-electron chi connectivity index (χ3n) is 2.30. The number of carbonyl (C=O) groups is 1. The van der Waals surface area contributed by atoms with Gasteiger partial charge in [0.05, 0.1) is 5.75 Å². The fraction of sp³-hybridized carbons (Fsp3) is 0.455. The standard InChI is InChI=1S/C11H16N2O4S/c14-11(15)2-1-6-13-18(16,17)9-5-10-3-7-12-8-4-10/h3-4,7-8,13H,1-2,5-6,9H2,(H,14,15). The predicted octanol–water partition coefficient (Wildman–Crippen LogP) is 0.408. The molecule has 1 aromatic rings. The van der Waals surface area contributed by atoms with Crippen molar-refractivity contribution in [3.8, 4) is 0 Å². The van der Waals surface area contributed by atoms with Crippen LogP contribution in [-0.4, -0.2) is 36.8 Å². The Hall–Kier alpha value is -1.47. The first-order valence-electron chi connectivity index (χ1n) is 5.57. The molecule has 100 valence electrons. The zero-order chi connectivity index (χ0) is 13.4. The first-order chi connectivity index (χ1) is 8.49. The zero-order valence-corrected chi connectivity index (χ0v) is 10.7. The lowest BCUT2D eigenvalue weighted by Gasteiger charge is -2.05. The molecular weight excluding hydrogens is 256 g/mol. The molecule has 18 heavy (non-hydrogen) atoms. The number of carboxylic acid groups (broad SMARTS) is 1. The summed E-state index contributed by atoms with van der Waals surface area (Å²) in [5, 5.41) is 8.41. The second-order valence-corrected chi connectivity index (χ2v) is 5.74. The Morgan fingerprint density at radius 2 is 2.00 bits per heavy atom. The summed E-state index contributed by atoms with van der Waals surface area (Å²) in [5.74, 6) is -0.935. The smallest absolute Gasteiger partial charge is 0.303 e. The van der Waals surface area contributed by atoms with Crippen molar-refractivity contribution >= 4 is 16.0 Å². The van der Waals surface area contributed by atoms with Crippen LogP contribution in [0.2, 0.25) is 0 Å². The molecule has 0 radical (unpaired) electrons. The van der Waals surface area contributed by atoms with Crippen molar-refractivity contribution in [2.75, 3.05) is 12.3 Å². The summed E-state index contributed by atoms with van der Waals surface area (Å²) in [7, 11) is -3.34. The Labute approximate surface area is 106 Å². The summed E-state index contributed by atoms with van der Waals surface area (Å²) in [6.45, 7) is 0.158. The van der Waals surface area contributed by atoms with Gasteiger partial charge < -0.3 is 5.11 Å². The highest BCUT2D eigenvalue weighted by Gasteiger charge is 2.09. The van der Waals surface area contributed by atoms with E-state index in [1.54, 1.807) is 24.5 Å². The van der Waals surface area contributed by atoms with Crippen molar-refractivity contribution in [2.45, 2.75) is 19.3 Å². The molecule has 0 fully saturated rings. The van der Waals surface area contributed by atoms with E-state index in [1.165, 1.54) is 0 Å². The van der Waals surface area contributed by atoms with Crippen LogP contribution in [0.15, 0.2) is 24.5 Å². The fourth-order valence-corrected chi connectivity index (χ4v) is 2.45. The Balaban J connectivity index is 2.30. The van der Waals surface area contributed by atoms with Gasteiger partial charge >= 0.3 is 5.97 Å². The number of hydrogen-bond donors (Lipinski definition) is 2. The van der Waals surface area contributed by atoms with Crippen LogP contribution in [0.1, 0.15) is 18.4 Å². The topological polar surface area (TPSA) is 96.4 Å². The van der Waals surface area contributed by atoms with Crippen LogP contribution in [0, 0.1) is 0 Å². The average Bonchev–Trinajstić information content (AvgIpc) is 2.34. The molecule has 0 saturated carbocycles. The van der Waals surface area contributed by atoms with Crippen molar-refractivity contribution in [2.24, 2.45) is 0 Å². The van der Waals surface area contributed by atoms with Crippen LogP contribution in [0.5, 0.6) is 0 Å². The van der Waals surface area contributed by atoms with Crippen molar-refractivity contribution in [3.05, 3.63) is 30.1 Å². The molecule has 0 amide bonds. The number of hydrogen-bond acceptors (Lipinski definition) is 4. The highest BCUT2D eigenvalue weighted by atomic mass is 32.2. The van der Waals surface area contributed by atoms with E-state index < -0.39 is 16.0 Å². The van der Waals surface area contributed by atoms with E-state index >= 15 is 0 Å². The number of aliphatic carboxylic acids is 1. The maximum Gasteiger partial charge on any atom is 0.303 e. The second-order valence-electron chi connectivity index (χ2n) is 3.82. The van der Waals surface area contributed by atoms with E-state index in [-0.39, 0.29) is 18.7 Å². The summed E-state index contributed by atoms with van der Waals surface area (Å²) < 4.78 is 25.5. The highest BCUT2D eigenvalue weighted by Crippen LogP contribution is 2.00. The molecule has 0 aromatic carbocycles. The molecule has 0 aliphatic heterocycles. The lowest BCUT2D eigenvalue weighted by atomic mass is 10.2. The first-order valence-corrected chi connectivity index (χ1v) is 7.23. The quantitative estimate of drug-likeness (QED) is 0.668. The average molecular weight is 272 g/mol. The van der Waals surface area contributed by atoms with Crippen LogP contribution in [0.25, 0.3) is 0 Å². The number of sulfonamides is 1. The summed E-state index contributed by atoms with van der Waals surface area (Å²) in [4.78, 5) is 14.1. The van der Waals surface area contributed by atoms with Crippen molar-refractivity contribution in [3.63, 3.8) is 0 Å². The number of pyridine rings is 1. The molecule has 0 atom stereocenters. The van der Waals surface area contributed by atoms with Gasteiger partial charge in [-0.25, -0.2) is 13.1 Å². The molecule has 6 nitrogen and oxygen atoms in total. The first kappa shape index (κ1) is 14.6. The molecule has 0 aliphatic carbocycles. The largest absolute Gasteiger partial charge is 0.481 e. The molecule has 1 rings (SSSR count). The summed E-state index contributed by atoms with van der Waals surface area (Å²) in [6, 6.07) is 3.53. The SMILES string of the molecule is O=C(O)CCCNS(=O)(=O)CCc1ccncc1. The molecule has 1 heterocycles. The van der Waals surface area contributed by atoms with E-state index in [1.807, 2.05) is 0 Å². The number of aryl methyl sites for hydroxylation is 1. The minimum Gasteiger partial charge on any atom is -0.481 e. The molecule has 1 aromatic heterocycles. The monoisotopic (exact) mass is 272 g/mol. The number of carboxylic acids is 1. The lowest BCUT2D eigenvalue weighted by Crippen LogP contribution is -2.28. The van der Waals surface area contributed by atoms with Gasteiger partial charge in [-0.3, -0.25) is 9.78 Å². The van der Waals surface area contributed by atoms with Gasteiger partial charge in [-0.2, -0.15) is 0 Å². The van der Waals surface area contributed by atoms with Gasteiger partial charge in [0.2, 0.25) is 10.0 Å². The third-order valence-corrected chi connectivity index (χ3v) is 3.68. The summed E-state index contributed by atoms with van der Waals surface area (Å²) in [6.07, 6.45) is 3.90. The lowest BCUT2D eigenvalue weighted by molar-refractivity contribution is -0.137. The van der Waals surface area contributed by atoms with E-state index in [9.17, 15) is 13.2 Å². The van der Waals surface area contributed by atoms with E-state index in [2.05, 4.69) is 9.71 Å². The zero-order valence-electron chi connectivity index (χ0n) is 9.87. The fourth-order valence-electron chi connectivity index (χ4n) is 1.34. The van der Waals surface area contributed by atoms with Crippen molar-refractivity contribution < 1.29 is 18.3 Å². The van der Waals surface area contributed by atoms with Crippen molar-refractivity contribution in [1.29, 1.82) is 0 Å². The van der Waals surface area contributed by atoms with Gasteiger partial charge in [0, 0.05) is 25.4 Å². The highest BCUT2D eigenvalue weighted by molar-refractivity contribution is 7.89. The Morgan fingerprint density at radius 1 is 1.33 bits per heavy atom. The van der Waals surface area contributed by atoms with Gasteiger partial charge in [0.25, 0.3) is 0 Å². The molecular formula is C11H16N2O4S. The van der Waals surface area contributed by atoms with E-state index in [0.717, 1.165) is 5.56 Å². The van der Waals surface area contributed by atoms with Crippen LogP contribution in [-0.2, 0) is 21.2 Å². The molecule has 7 heteroatoms. The van der Waals surface area contributed by atoms with Crippen molar-refractivity contribution in [1.82, 2.24) is 9.71 Å². The number of rotatable bonds is 8. The predicted molar refractivity (Wildman–Crippen MR) is 66.6 cm³/mol. The van der Waals surface area contributed by atoms with Gasteiger partial charge in [-0.05, 0) is 30.5 Å². The summed E-state index contributed by atoms with van der Waals surface area (Å²) >= 11 is 0. The van der Waals surface area contributed by atoms with Gasteiger partial charge in [-0.1, -0.05) is 0 Å². The molecule has 0 unspecified atom stereocenters. The van der Waals surface area contributed by atoms with Crippen LogP contribution in [0.4, 0.5) is 0 Å². The minimum absolute atomic E-state index is 0.00984. The minimum atomic E-state index is -3.34. The molecule has 2 N–H and O–H groups in total. The van der Waals surface area contributed by atoms with Crippen LogP contribution < -0.4 is 4.72 Å². The van der Waals surface area contributed by atoms with E-state index in [0.29, 0.717) is 12.8 Å². The second kappa shape index (κ2) is 7.07. The molecule has 0 bridgehead atoms. The van der Waals surface area contributed by atoms with Crippen LogP contribution in [0.3, 0.4) is 0 Å². The normalized spacial score (nSPS) is 11.3. The molecule has 0 saturated heterocycles. The van der Waals surface area contributed by atoms with Crippen LogP contribution >= 0.6 is 0 Å². The summed E-state index contributed by atoms with van der Waals surface area (Å²) in [5.41, 5.74) is 0.904. The molecule has 0 aliphatic rings. The van der Waals surface area contributed by atoms with Gasteiger partial charge in [-0.15, -0.1) is 0 Å². The Morgan fingerprint density at radius 3 is 2.61 bits per heavy atom. The number of nitrogens with one attached hydrogen (secondary N) is 1. The maximum atomic E-state index is 11.6. The number of aromatic nitrogens is 1. The maximum absolute atomic E-state index is 11.6.